The second kappa shape index (κ2) is 6.52. The number of aromatic nitrogens is 3. The highest BCUT2D eigenvalue weighted by atomic mass is 32.2. The lowest BCUT2D eigenvalue weighted by Crippen LogP contribution is -2.16. The highest BCUT2D eigenvalue weighted by Crippen LogP contribution is 2.14. The van der Waals surface area contributed by atoms with Gasteiger partial charge < -0.3 is 5.32 Å². The summed E-state index contributed by atoms with van der Waals surface area (Å²) in [6.07, 6.45) is 1.54. The monoisotopic (exact) mass is 320 g/mol. The summed E-state index contributed by atoms with van der Waals surface area (Å²) in [6, 6.07) is 7.02. The van der Waals surface area contributed by atoms with Gasteiger partial charge in [0.05, 0.1) is 23.3 Å². The minimum Gasteiger partial charge on any atom is -0.326 e. The Kier molecular flexibility index (Phi) is 4.71. The summed E-state index contributed by atoms with van der Waals surface area (Å²) in [5, 5.41) is 11.2. The molecule has 1 heterocycles. The summed E-state index contributed by atoms with van der Waals surface area (Å²) in [7, 11) is -3.36. The van der Waals surface area contributed by atoms with Crippen LogP contribution in [0.2, 0.25) is 0 Å². The molecule has 1 amide bonds. The Morgan fingerprint density at radius 2 is 2.05 bits per heavy atom. The van der Waals surface area contributed by atoms with Crippen molar-refractivity contribution >= 4 is 21.4 Å². The normalized spacial score (nSPS) is 11.1. The maximum atomic E-state index is 11.7. The van der Waals surface area contributed by atoms with Crippen LogP contribution in [0.5, 0.6) is 0 Å². The number of rotatable bonds is 6. The third-order valence-electron chi connectivity index (χ3n) is 2.98. The molecule has 0 bridgehead atoms. The smallest absolute Gasteiger partial charge is 0.225 e. The number of hydrogen-bond donors (Lipinski definition) is 1. The van der Waals surface area contributed by atoms with E-state index in [-0.39, 0.29) is 18.1 Å². The van der Waals surface area contributed by atoms with E-state index in [1.54, 1.807) is 35.1 Å². The van der Waals surface area contributed by atoms with Gasteiger partial charge in [0.25, 0.3) is 0 Å². The van der Waals surface area contributed by atoms with E-state index in [9.17, 15) is 13.2 Å². The number of carbonyl (C=O) groups is 1. The van der Waals surface area contributed by atoms with Crippen molar-refractivity contribution in [1.82, 2.24) is 15.0 Å². The molecule has 0 aliphatic heterocycles. The SMILES string of the molecule is C=CS(=O)(=O)CCC(=O)Nc1ccc(-n2nncc2C)cc1. The van der Waals surface area contributed by atoms with Crippen molar-refractivity contribution in [3.05, 3.63) is 48.1 Å². The summed E-state index contributed by atoms with van der Waals surface area (Å²) >= 11 is 0. The fourth-order valence-electron chi connectivity index (χ4n) is 1.77. The Morgan fingerprint density at radius 1 is 1.36 bits per heavy atom. The van der Waals surface area contributed by atoms with Crippen LogP contribution in [0.3, 0.4) is 0 Å². The predicted octanol–water partition coefficient (Wildman–Crippen LogP) is 1.46. The molecular formula is C14H16N4O3S. The van der Waals surface area contributed by atoms with Gasteiger partial charge in [-0.15, -0.1) is 5.10 Å². The number of nitrogens with zero attached hydrogens (tertiary/aromatic N) is 3. The maximum Gasteiger partial charge on any atom is 0.225 e. The van der Waals surface area contributed by atoms with Gasteiger partial charge in [-0.1, -0.05) is 11.8 Å². The molecule has 2 aromatic rings. The second-order valence-corrected chi connectivity index (χ2v) is 6.73. The highest BCUT2D eigenvalue weighted by Gasteiger charge is 2.10. The van der Waals surface area contributed by atoms with E-state index in [1.807, 2.05) is 6.92 Å². The molecule has 7 nitrogen and oxygen atoms in total. The van der Waals surface area contributed by atoms with E-state index in [2.05, 4.69) is 22.2 Å². The molecule has 0 aliphatic carbocycles. The first-order chi connectivity index (χ1) is 10.4. The van der Waals surface area contributed by atoms with Crippen molar-refractivity contribution in [2.24, 2.45) is 0 Å². The third-order valence-corrected chi connectivity index (χ3v) is 4.26. The molecule has 0 saturated heterocycles. The molecule has 1 aromatic heterocycles. The number of aryl methyl sites for hydroxylation is 1. The van der Waals surface area contributed by atoms with E-state index in [4.69, 9.17) is 0 Å². The minimum absolute atomic E-state index is 0.113. The zero-order valence-corrected chi connectivity index (χ0v) is 12.9. The van der Waals surface area contributed by atoms with Crippen LogP contribution in [0.25, 0.3) is 5.69 Å². The van der Waals surface area contributed by atoms with Crippen molar-refractivity contribution in [3.63, 3.8) is 0 Å². The molecule has 0 radical (unpaired) electrons. The summed E-state index contributed by atoms with van der Waals surface area (Å²) in [5.74, 6) is -0.617. The fraction of sp³-hybridized carbons (Fsp3) is 0.214. The first-order valence-electron chi connectivity index (χ1n) is 6.54. The topological polar surface area (TPSA) is 94.0 Å². The molecule has 1 aromatic carbocycles. The average molecular weight is 320 g/mol. The molecule has 0 atom stereocenters. The number of carbonyl (C=O) groups excluding carboxylic acids is 1. The van der Waals surface area contributed by atoms with Crippen molar-refractivity contribution in [3.8, 4) is 5.69 Å². The van der Waals surface area contributed by atoms with Gasteiger partial charge in [0, 0.05) is 17.5 Å². The Balaban J connectivity index is 1.98. The fourth-order valence-corrected chi connectivity index (χ4v) is 2.41. The molecule has 8 heteroatoms. The average Bonchev–Trinajstić information content (AvgIpc) is 2.92. The van der Waals surface area contributed by atoms with Crippen LogP contribution in [0.15, 0.2) is 42.4 Å². The van der Waals surface area contributed by atoms with Crippen LogP contribution < -0.4 is 5.32 Å². The van der Waals surface area contributed by atoms with Gasteiger partial charge in [0.2, 0.25) is 5.91 Å². The molecule has 0 aliphatic rings. The van der Waals surface area contributed by atoms with E-state index in [0.717, 1.165) is 16.8 Å². The Bertz CT molecular complexity index is 779. The van der Waals surface area contributed by atoms with Crippen LogP contribution >= 0.6 is 0 Å². The van der Waals surface area contributed by atoms with Crippen molar-refractivity contribution in [2.75, 3.05) is 11.1 Å². The van der Waals surface area contributed by atoms with Gasteiger partial charge in [-0.05, 0) is 31.2 Å². The molecule has 22 heavy (non-hydrogen) atoms. The Labute approximate surface area is 128 Å². The largest absolute Gasteiger partial charge is 0.326 e. The zero-order valence-electron chi connectivity index (χ0n) is 12.1. The van der Waals surface area contributed by atoms with Gasteiger partial charge >= 0.3 is 0 Å². The Hall–Kier alpha value is -2.48. The van der Waals surface area contributed by atoms with Gasteiger partial charge in [-0.25, -0.2) is 13.1 Å². The summed E-state index contributed by atoms with van der Waals surface area (Å²) in [4.78, 5) is 11.7. The molecular weight excluding hydrogens is 304 g/mol. The quantitative estimate of drug-likeness (QED) is 0.869. The second-order valence-electron chi connectivity index (χ2n) is 4.67. The molecule has 0 saturated carbocycles. The summed E-state index contributed by atoms with van der Waals surface area (Å²) in [5.41, 5.74) is 2.30. The van der Waals surface area contributed by atoms with Crippen LogP contribution in [-0.4, -0.2) is 35.1 Å². The highest BCUT2D eigenvalue weighted by molar-refractivity contribution is 7.94. The van der Waals surface area contributed by atoms with Crippen LogP contribution in [0, 0.1) is 6.92 Å². The van der Waals surface area contributed by atoms with E-state index in [1.165, 1.54) is 0 Å². The van der Waals surface area contributed by atoms with Gasteiger partial charge in [0.15, 0.2) is 9.84 Å². The van der Waals surface area contributed by atoms with E-state index in [0.29, 0.717) is 5.69 Å². The van der Waals surface area contributed by atoms with Crippen molar-refractivity contribution in [2.45, 2.75) is 13.3 Å². The van der Waals surface area contributed by atoms with Crippen molar-refractivity contribution in [1.29, 1.82) is 0 Å². The number of benzene rings is 1. The van der Waals surface area contributed by atoms with Gasteiger partial charge in [-0.2, -0.15) is 0 Å². The predicted molar refractivity (Wildman–Crippen MR) is 83.3 cm³/mol. The number of hydrogen-bond acceptors (Lipinski definition) is 5. The van der Waals surface area contributed by atoms with Crippen molar-refractivity contribution < 1.29 is 13.2 Å². The molecule has 0 unspecified atom stereocenters. The minimum atomic E-state index is -3.36. The van der Waals surface area contributed by atoms with Crippen LogP contribution in [0.1, 0.15) is 12.1 Å². The first-order valence-corrected chi connectivity index (χ1v) is 8.25. The lowest BCUT2D eigenvalue weighted by molar-refractivity contribution is -0.115. The van der Waals surface area contributed by atoms with E-state index < -0.39 is 9.84 Å². The summed E-state index contributed by atoms with van der Waals surface area (Å²) in [6.45, 7) is 5.09. The zero-order chi connectivity index (χ0) is 16.2. The number of sulfone groups is 1. The number of anilines is 1. The standard InChI is InChI=1S/C14H16N4O3S/c1-3-22(20,21)9-8-14(19)16-12-4-6-13(7-5-12)18-11(2)10-15-17-18/h3-7,10H,1,8-9H2,2H3,(H,16,19). The molecule has 116 valence electrons. The number of amides is 1. The molecule has 2 rings (SSSR count). The summed E-state index contributed by atoms with van der Waals surface area (Å²) < 4.78 is 24.2. The lowest BCUT2D eigenvalue weighted by Gasteiger charge is -2.07. The molecule has 0 spiro atoms. The first kappa shape index (κ1) is 15.9. The van der Waals surface area contributed by atoms with Crippen LogP contribution in [-0.2, 0) is 14.6 Å². The molecule has 1 N–H and O–H groups in total. The third kappa shape index (κ3) is 4.01. The molecule has 0 fully saturated rings. The lowest BCUT2D eigenvalue weighted by atomic mass is 10.2. The van der Waals surface area contributed by atoms with Gasteiger partial charge in [-0.3, -0.25) is 4.79 Å². The maximum absolute atomic E-state index is 11.7. The Morgan fingerprint density at radius 3 is 2.59 bits per heavy atom. The van der Waals surface area contributed by atoms with Crippen LogP contribution in [0.4, 0.5) is 5.69 Å². The number of nitrogens with one attached hydrogen (secondary N) is 1. The van der Waals surface area contributed by atoms with E-state index >= 15 is 0 Å². The van der Waals surface area contributed by atoms with Gasteiger partial charge in [0.1, 0.15) is 0 Å².